The Kier molecular flexibility index (Phi) is 7.67. The Balaban J connectivity index is 1.01. The van der Waals surface area contributed by atoms with E-state index >= 15 is 0 Å². The number of rotatable bonds is 7. The molecule has 0 radical (unpaired) electrons. The van der Waals surface area contributed by atoms with Gasteiger partial charge in [0.1, 0.15) is 16.2 Å². The van der Waals surface area contributed by atoms with E-state index in [1.54, 1.807) is 11.3 Å². The maximum atomic E-state index is 6.36. The van der Waals surface area contributed by atoms with Gasteiger partial charge in [0.2, 0.25) is 0 Å². The summed E-state index contributed by atoms with van der Waals surface area (Å²) in [4.78, 5) is 7.31. The highest BCUT2D eigenvalue weighted by Gasteiger charge is 2.16. The average molecular weight is 697 g/mol. The van der Waals surface area contributed by atoms with Crippen molar-refractivity contribution in [2.75, 3.05) is 4.90 Å². The molecule has 0 atom stereocenters. The second kappa shape index (κ2) is 13.1. The monoisotopic (exact) mass is 696 g/mol. The number of nitrogens with zero attached hydrogens (tertiary/aromatic N) is 2. The summed E-state index contributed by atoms with van der Waals surface area (Å²) in [6, 6.07) is 68.7. The molecule has 0 aliphatic heterocycles. The van der Waals surface area contributed by atoms with E-state index in [9.17, 15) is 0 Å². The van der Waals surface area contributed by atoms with Gasteiger partial charge in [0.25, 0.3) is 0 Å². The Morgan fingerprint density at radius 1 is 0.377 bits per heavy atom. The van der Waals surface area contributed by atoms with Gasteiger partial charge in [-0.25, -0.2) is 4.98 Å². The van der Waals surface area contributed by atoms with Crippen molar-refractivity contribution in [2.45, 2.75) is 0 Å². The highest BCUT2D eigenvalue weighted by molar-refractivity contribution is 7.21. The zero-order valence-corrected chi connectivity index (χ0v) is 29.5. The van der Waals surface area contributed by atoms with Crippen molar-refractivity contribution in [1.82, 2.24) is 4.98 Å². The van der Waals surface area contributed by atoms with Gasteiger partial charge in [0, 0.05) is 39.5 Å². The van der Waals surface area contributed by atoms with Gasteiger partial charge in [0.05, 0.1) is 10.2 Å². The second-order valence-corrected chi connectivity index (χ2v) is 14.3. The van der Waals surface area contributed by atoms with E-state index in [2.05, 4.69) is 193 Å². The van der Waals surface area contributed by atoms with E-state index in [0.29, 0.717) is 0 Å². The van der Waals surface area contributed by atoms with Crippen LogP contribution in [0.5, 0.6) is 0 Å². The summed E-state index contributed by atoms with van der Waals surface area (Å²) in [7, 11) is 0. The maximum Gasteiger partial charge on any atom is 0.136 e. The lowest BCUT2D eigenvalue weighted by Gasteiger charge is -2.26. The largest absolute Gasteiger partial charge is 0.456 e. The third-order valence-corrected chi connectivity index (χ3v) is 11.0. The molecule has 10 rings (SSSR count). The summed E-state index contributed by atoms with van der Waals surface area (Å²) in [5.74, 6) is 0. The van der Waals surface area contributed by atoms with E-state index in [4.69, 9.17) is 9.40 Å². The first-order chi connectivity index (χ1) is 26.2. The molecule has 0 saturated carbocycles. The predicted molar refractivity (Wildman–Crippen MR) is 223 cm³/mol. The van der Waals surface area contributed by atoms with E-state index in [0.717, 1.165) is 70.9 Å². The molecule has 0 spiro atoms. The van der Waals surface area contributed by atoms with Crippen LogP contribution in [0.2, 0.25) is 0 Å². The Labute approximate surface area is 311 Å². The minimum Gasteiger partial charge on any atom is -0.456 e. The van der Waals surface area contributed by atoms with Crippen LogP contribution in [0.15, 0.2) is 199 Å². The highest BCUT2D eigenvalue weighted by atomic mass is 32.1. The average Bonchev–Trinajstić information content (AvgIpc) is 3.82. The number of fused-ring (bicyclic) bond motifs is 4. The topological polar surface area (TPSA) is 29.3 Å². The maximum absolute atomic E-state index is 6.36. The number of hydrogen-bond acceptors (Lipinski definition) is 4. The molecule has 0 aliphatic carbocycles. The first-order valence-corrected chi connectivity index (χ1v) is 18.6. The fourth-order valence-electron chi connectivity index (χ4n) is 7.20. The molecular weight excluding hydrogens is 665 g/mol. The molecule has 0 N–H and O–H groups in total. The molecule has 0 unspecified atom stereocenters. The Morgan fingerprint density at radius 3 is 1.34 bits per heavy atom. The molecule has 8 aromatic carbocycles. The van der Waals surface area contributed by atoms with Gasteiger partial charge in [-0.2, -0.15) is 0 Å². The van der Waals surface area contributed by atoms with Crippen LogP contribution in [0.4, 0.5) is 17.1 Å². The third kappa shape index (κ3) is 5.85. The van der Waals surface area contributed by atoms with E-state index in [1.807, 2.05) is 6.07 Å². The van der Waals surface area contributed by atoms with Crippen LogP contribution in [0.1, 0.15) is 0 Å². The molecule has 3 nitrogen and oxygen atoms in total. The standard InChI is InChI=1S/C49H32N2OS/c1-4-10-33(11-5-1)35-16-23-40(24-17-35)51(41-25-18-36(19-26-41)34-12-6-2-7-13-34)42-27-20-37(21-28-42)39-22-29-46-43(30-39)44-31-45-48(32-47(44)52-46)53-49(50-45)38-14-8-3-9-15-38/h1-32H. The van der Waals surface area contributed by atoms with Crippen molar-refractivity contribution < 1.29 is 4.42 Å². The number of hydrogen-bond donors (Lipinski definition) is 0. The van der Waals surface area contributed by atoms with E-state index in [-0.39, 0.29) is 0 Å². The lowest BCUT2D eigenvalue weighted by Crippen LogP contribution is -2.09. The van der Waals surface area contributed by atoms with Crippen molar-refractivity contribution >= 4 is 60.6 Å². The summed E-state index contributed by atoms with van der Waals surface area (Å²) >= 11 is 1.70. The van der Waals surface area contributed by atoms with Crippen LogP contribution < -0.4 is 4.90 Å². The number of aromatic nitrogens is 1. The molecule has 0 fully saturated rings. The van der Waals surface area contributed by atoms with Gasteiger partial charge >= 0.3 is 0 Å². The molecule has 4 heteroatoms. The number of thiazole rings is 1. The Hall–Kier alpha value is -6.75. The van der Waals surface area contributed by atoms with Crippen molar-refractivity contribution in [3.63, 3.8) is 0 Å². The van der Waals surface area contributed by atoms with E-state index < -0.39 is 0 Å². The van der Waals surface area contributed by atoms with Crippen LogP contribution >= 0.6 is 11.3 Å². The molecule has 53 heavy (non-hydrogen) atoms. The molecule has 0 bridgehead atoms. The van der Waals surface area contributed by atoms with Crippen LogP contribution in [0, 0.1) is 0 Å². The summed E-state index contributed by atoms with van der Waals surface area (Å²) in [5, 5.41) is 3.20. The van der Waals surface area contributed by atoms with Crippen LogP contribution in [-0.2, 0) is 0 Å². The van der Waals surface area contributed by atoms with Gasteiger partial charge in [-0.1, -0.05) is 133 Å². The van der Waals surface area contributed by atoms with Gasteiger partial charge in [-0.3, -0.25) is 0 Å². The lowest BCUT2D eigenvalue weighted by atomic mass is 10.0. The van der Waals surface area contributed by atoms with Crippen molar-refractivity contribution in [1.29, 1.82) is 0 Å². The highest BCUT2D eigenvalue weighted by Crippen LogP contribution is 2.40. The number of benzene rings is 8. The molecule has 0 saturated heterocycles. The summed E-state index contributed by atoms with van der Waals surface area (Å²) in [6.45, 7) is 0. The van der Waals surface area contributed by atoms with Crippen LogP contribution in [0.25, 0.3) is 76.1 Å². The summed E-state index contributed by atoms with van der Waals surface area (Å²) < 4.78 is 7.49. The molecule has 10 aromatic rings. The fraction of sp³-hybridized carbons (Fsp3) is 0. The molecule has 2 heterocycles. The van der Waals surface area contributed by atoms with E-state index in [1.165, 1.54) is 22.3 Å². The van der Waals surface area contributed by atoms with Crippen molar-refractivity contribution in [3.8, 4) is 44.0 Å². The first-order valence-electron chi connectivity index (χ1n) is 17.8. The first kappa shape index (κ1) is 31.0. The normalized spacial score (nSPS) is 11.4. The molecular formula is C49H32N2OS. The van der Waals surface area contributed by atoms with Gasteiger partial charge < -0.3 is 9.32 Å². The zero-order valence-electron chi connectivity index (χ0n) is 28.7. The minimum atomic E-state index is 0.880. The smallest absolute Gasteiger partial charge is 0.136 e. The molecule has 0 amide bonds. The SMILES string of the molecule is c1ccc(-c2ccc(N(c3ccc(-c4ccccc4)cc3)c3ccc(-c4ccc5oc6cc7sc(-c8ccccc8)nc7cc6c5c4)cc3)cc2)cc1. The summed E-state index contributed by atoms with van der Waals surface area (Å²) in [5.41, 5.74) is 14.3. The third-order valence-electron chi connectivity index (χ3n) is 9.92. The molecule has 0 aliphatic rings. The van der Waals surface area contributed by atoms with Crippen LogP contribution in [-0.4, -0.2) is 4.98 Å². The van der Waals surface area contributed by atoms with Crippen molar-refractivity contribution in [3.05, 3.63) is 194 Å². The van der Waals surface area contributed by atoms with Crippen molar-refractivity contribution in [2.24, 2.45) is 0 Å². The second-order valence-electron chi connectivity index (χ2n) is 13.2. The predicted octanol–water partition coefficient (Wildman–Crippen LogP) is 14.3. The quantitative estimate of drug-likeness (QED) is 0.166. The van der Waals surface area contributed by atoms with Gasteiger partial charge in [-0.15, -0.1) is 11.3 Å². The Bertz CT molecular complexity index is 2760. The Morgan fingerprint density at radius 2 is 0.811 bits per heavy atom. The van der Waals surface area contributed by atoms with Gasteiger partial charge in [0.15, 0.2) is 0 Å². The molecule has 250 valence electrons. The lowest BCUT2D eigenvalue weighted by molar-refractivity contribution is 0.669. The summed E-state index contributed by atoms with van der Waals surface area (Å²) in [6.07, 6.45) is 0. The number of furan rings is 1. The van der Waals surface area contributed by atoms with Gasteiger partial charge in [-0.05, 0) is 88.0 Å². The molecule has 2 aromatic heterocycles. The fourth-order valence-corrected chi connectivity index (χ4v) is 8.18. The number of anilines is 3. The minimum absolute atomic E-state index is 0.880. The zero-order chi connectivity index (χ0) is 35.1. The van der Waals surface area contributed by atoms with Crippen LogP contribution in [0.3, 0.4) is 0 Å².